The molecule has 1 heterocycles. The van der Waals surface area contributed by atoms with Gasteiger partial charge in [-0.3, -0.25) is 0 Å². The van der Waals surface area contributed by atoms with Gasteiger partial charge in [-0.1, -0.05) is 36.4 Å². The maximum atomic E-state index is 12.6. The molecule has 0 amide bonds. The number of nitrogens with zero attached hydrogens (tertiary/aromatic N) is 1. The van der Waals surface area contributed by atoms with E-state index in [0.717, 1.165) is 0 Å². The molecule has 0 unspecified atom stereocenters. The summed E-state index contributed by atoms with van der Waals surface area (Å²) in [7, 11) is -3.47. The standard InChI is InChI=1S/C18H19NO4S/c20-18(15-7-3-1-4-8-15)23-16-11-13-19(14-12-16)24(21,22)17-9-5-2-6-10-17/h1-10,16H,11-14H2. The van der Waals surface area contributed by atoms with Crippen LogP contribution in [0.4, 0.5) is 0 Å². The lowest BCUT2D eigenvalue weighted by molar-refractivity contribution is 0.0181. The van der Waals surface area contributed by atoms with Crippen molar-refractivity contribution < 1.29 is 17.9 Å². The van der Waals surface area contributed by atoms with Crippen LogP contribution >= 0.6 is 0 Å². The Morgan fingerprint density at radius 3 is 2.04 bits per heavy atom. The van der Waals surface area contributed by atoms with Crippen LogP contribution in [0.5, 0.6) is 0 Å². The lowest BCUT2D eigenvalue weighted by atomic mass is 10.1. The molecule has 0 saturated carbocycles. The molecule has 5 nitrogen and oxygen atoms in total. The van der Waals surface area contributed by atoms with E-state index in [0.29, 0.717) is 36.4 Å². The Morgan fingerprint density at radius 1 is 0.917 bits per heavy atom. The summed E-state index contributed by atoms with van der Waals surface area (Å²) in [5.41, 5.74) is 0.511. The molecular formula is C18H19NO4S. The Hall–Kier alpha value is -2.18. The Kier molecular flexibility index (Phi) is 4.97. The molecule has 2 aromatic rings. The number of rotatable bonds is 4. The van der Waals surface area contributed by atoms with E-state index >= 15 is 0 Å². The van der Waals surface area contributed by atoms with Crippen LogP contribution in [0.2, 0.25) is 0 Å². The molecule has 0 radical (unpaired) electrons. The summed E-state index contributed by atoms with van der Waals surface area (Å²) in [6.07, 6.45) is 0.759. The topological polar surface area (TPSA) is 63.7 Å². The summed E-state index contributed by atoms with van der Waals surface area (Å²) in [6.45, 7) is 0.702. The summed E-state index contributed by atoms with van der Waals surface area (Å²) in [5.74, 6) is -0.361. The van der Waals surface area contributed by atoms with E-state index < -0.39 is 10.0 Å². The molecule has 2 aromatic carbocycles. The smallest absolute Gasteiger partial charge is 0.338 e. The monoisotopic (exact) mass is 345 g/mol. The van der Waals surface area contributed by atoms with E-state index in [2.05, 4.69) is 0 Å². The zero-order valence-corrected chi connectivity index (χ0v) is 14.0. The van der Waals surface area contributed by atoms with Gasteiger partial charge in [0, 0.05) is 13.1 Å². The van der Waals surface area contributed by atoms with Gasteiger partial charge in [-0.2, -0.15) is 4.31 Å². The number of sulfonamides is 1. The number of carbonyl (C=O) groups excluding carboxylic acids is 1. The second-order valence-electron chi connectivity index (χ2n) is 5.69. The molecule has 1 aliphatic heterocycles. The van der Waals surface area contributed by atoms with Crippen molar-refractivity contribution in [3.63, 3.8) is 0 Å². The van der Waals surface area contributed by atoms with Crippen LogP contribution in [0.15, 0.2) is 65.6 Å². The first-order valence-corrected chi connectivity index (χ1v) is 9.32. The molecule has 126 valence electrons. The van der Waals surface area contributed by atoms with E-state index in [4.69, 9.17) is 4.74 Å². The number of piperidine rings is 1. The Bertz CT molecular complexity index is 782. The Morgan fingerprint density at radius 2 is 1.46 bits per heavy atom. The number of hydrogen-bond donors (Lipinski definition) is 0. The third kappa shape index (κ3) is 3.66. The maximum Gasteiger partial charge on any atom is 0.338 e. The highest BCUT2D eigenvalue weighted by Crippen LogP contribution is 2.22. The molecule has 0 aromatic heterocycles. The van der Waals surface area contributed by atoms with Crippen molar-refractivity contribution in [2.45, 2.75) is 23.8 Å². The zero-order valence-electron chi connectivity index (χ0n) is 13.2. The molecule has 0 N–H and O–H groups in total. The first-order chi connectivity index (χ1) is 11.6. The van der Waals surface area contributed by atoms with E-state index in [1.54, 1.807) is 54.6 Å². The number of hydrogen-bond acceptors (Lipinski definition) is 4. The summed E-state index contributed by atoms with van der Waals surface area (Å²) in [6, 6.07) is 17.2. The van der Waals surface area contributed by atoms with E-state index in [-0.39, 0.29) is 12.1 Å². The number of carbonyl (C=O) groups is 1. The van der Waals surface area contributed by atoms with Crippen LogP contribution in [0.1, 0.15) is 23.2 Å². The summed E-state index contributed by atoms with van der Waals surface area (Å²) in [4.78, 5) is 12.4. The van der Waals surface area contributed by atoms with Crippen molar-refractivity contribution >= 4 is 16.0 Å². The van der Waals surface area contributed by atoms with E-state index in [1.807, 2.05) is 6.07 Å². The number of ether oxygens (including phenoxy) is 1. The van der Waals surface area contributed by atoms with Crippen LogP contribution in [-0.2, 0) is 14.8 Å². The van der Waals surface area contributed by atoms with Crippen LogP contribution in [0.25, 0.3) is 0 Å². The van der Waals surface area contributed by atoms with Gasteiger partial charge in [0.25, 0.3) is 0 Å². The normalized spacial score (nSPS) is 16.7. The van der Waals surface area contributed by atoms with Crippen molar-refractivity contribution in [3.05, 3.63) is 66.2 Å². The second kappa shape index (κ2) is 7.15. The highest BCUT2D eigenvalue weighted by Gasteiger charge is 2.30. The van der Waals surface area contributed by atoms with Gasteiger partial charge in [0.1, 0.15) is 6.10 Å². The van der Waals surface area contributed by atoms with Crippen LogP contribution in [0, 0.1) is 0 Å². The van der Waals surface area contributed by atoms with Crippen molar-refractivity contribution in [2.75, 3.05) is 13.1 Å². The molecule has 0 atom stereocenters. The second-order valence-corrected chi connectivity index (χ2v) is 7.63. The molecular weight excluding hydrogens is 326 g/mol. The summed E-state index contributed by atoms with van der Waals surface area (Å²) >= 11 is 0. The molecule has 6 heteroatoms. The fourth-order valence-electron chi connectivity index (χ4n) is 2.73. The van der Waals surface area contributed by atoms with Gasteiger partial charge in [0.2, 0.25) is 10.0 Å². The minimum Gasteiger partial charge on any atom is -0.459 e. The predicted octanol–water partition coefficient (Wildman–Crippen LogP) is 2.70. The minimum absolute atomic E-state index is 0.250. The van der Waals surface area contributed by atoms with Crippen molar-refractivity contribution in [1.82, 2.24) is 4.31 Å². The highest BCUT2D eigenvalue weighted by molar-refractivity contribution is 7.89. The van der Waals surface area contributed by atoms with Gasteiger partial charge in [0.15, 0.2) is 0 Å². The number of benzene rings is 2. The van der Waals surface area contributed by atoms with Crippen molar-refractivity contribution in [2.24, 2.45) is 0 Å². The van der Waals surface area contributed by atoms with Crippen LogP contribution in [-0.4, -0.2) is 37.9 Å². The maximum absolute atomic E-state index is 12.6. The fraction of sp³-hybridized carbons (Fsp3) is 0.278. The van der Waals surface area contributed by atoms with E-state index in [9.17, 15) is 13.2 Å². The van der Waals surface area contributed by atoms with Gasteiger partial charge >= 0.3 is 5.97 Å². The average molecular weight is 345 g/mol. The van der Waals surface area contributed by atoms with Gasteiger partial charge in [-0.25, -0.2) is 13.2 Å². The predicted molar refractivity (Wildman–Crippen MR) is 90.1 cm³/mol. The first-order valence-electron chi connectivity index (χ1n) is 7.88. The lowest BCUT2D eigenvalue weighted by Crippen LogP contribution is -2.41. The Balaban J connectivity index is 1.59. The third-order valence-electron chi connectivity index (χ3n) is 4.07. The van der Waals surface area contributed by atoms with Crippen LogP contribution < -0.4 is 0 Å². The van der Waals surface area contributed by atoms with Gasteiger partial charge in [0.05, 0.1) is 10.5 Å². The van der Waals surface area contributed by atoms with Gasteiger partial charge in [-0.05, 0) is 37.1 Å². The van der Waals surface area contributed by atoms with Crippen molar-refractivity contribution in [1.29, 1.82) is 0 Å². The zero-order chi connectivity index (χ0) is 17.0. The quantitative estimate of drug-likeness (QED) is 0.799. The summed E-state index contributed by atoms with van der Waals surface area (Å²) < 4.78 is 32.0. The van der Waals surface area contributed by atoms with Crippen molar-refractivity contribution in [3.8, 4) is 0 Å². The molecule has 3 rings (SSSR count). The molecule has 0 bridgehead atoms. The molecule has 0 spiro atoms. The van der Waals surface area contributed by atoms with Gasteiger partial charge < -0.3 is 4.74 Å². The summed E-state index contributed by atoms with van der Waals surface area (Å²) in [5, 5.41) is 0. The molecule has 1 aliphatic rings. The molecule has 0 aliphatic carbocycles. The fourth-order valence-corrected chi connectivity index (χ4v) is 4.22. The lowest BCUT2D eigenvalue weighted by Gasteiger charge is -2.30. The highest BCUT2D eigenvalue weighted by atomic mass is 32.2. The molecule has 1 saturated heterocycles. The van der Waals surface area contributed by atoms with E-state index in [1.165, 1.54) is 4.31 Å². The first kappa shape index (κ1) is 16.7. The average Bonchev–Trinajstić information content (AvgIpc) is 2.63. The SMILES string of the molecule is O=C(OC1CCN(S(=O)(=O)c2ccccc2)CC1)c1ccccc1. The Labute approximate surface area is 141 Å². The largest absolute Gasteiger partial charge is 0.459 e. The molecule has 1 fully saturated rings. The van der Waals surface area contributed by atoms with Crippen LogP contribution in [0.3, 0.4) is 0 Å². The third-order valence-corrected chi connectivity index (χ3v) is 5.98. The van der Waals surface area contributed by atoms with Gasteiger partial charge in [-0.15, -0.1) is 0 Å². The molecule has 24 heavy (non-hydrogen) atoms. The minimum atomic E-state index is -3.47. The number of esters is 1.